The molecule has 4 atom stereocenters. The Labute approximate surface area is 176 Å². The van der Waals surface area contributed by atoms with E-state index < -0.39 is 47.7 Å². The van der Waals surface area contributed by atoms with E-state index in [0.717, 1.165) is 4.90 Å². The number of hydrogen-bond acceptors (Lipinski definition) is 7. The van der Waals surface area contributed by atoms with Crippen molar-refractivity contribution in [3.63, 3.8) is 0 Å². The van der Waals surface area contributed by atoms with Crippen LogP contribution < -0.4 is 16.0 Å². The van der Waals surface area contributed by atoms with Crippen molar-refractivity contribution in [1.29, 1.82) is 0 Å². The Morgan fingerprint density at radius 3 is 1.93 bits per heavy atom. The summed E-state index contributed by atoms with van der Waals surface area (Å²) in [5.41, 5.74) is -0.292. The molecule has 12 heteroatoms. The molecule has 0 fully saturated rings. The first-order chi connectivity index (χ1) is 14.0. The highest BCUT2D eigenvalue weighted by molar-refractivity contribution is 7.40. The summed E-state index contributed by atoms with van der Waals surface area (Å²) in [6.07, 6.45) is 2.33. The van der Waals surface area contributed by atoms with Gasteiger partial charge in [0, 0.05) is 18.6 Å². The van der Waals surface area contributed by atoms with Gasteiger partial charge in [-0.15, -0.1) is 0 Å². The normalized spacial score (nSPS) is 16.1. The molecule has 1 heterocycles. The molecule has 0 spiro atoms. The summed E-state index contributed by atoms with van der Waals surface area (Å²) >= 11 is 0. The molecule has 0 bridgehead atoms. The van der Waals surface area contributed by atoms with E-state index in [2.05, 4.69) is 16.0 Å². The van der Waals surface area contributed by atoms with Crippen molar-refractivity contribution in [2.75, 3.05) is 19.8 Å². The van der Waals surface area contributed by atoms with E-state index in [1.807, 2.05) is 9.24 Å². The number of nitrogens with one attached hydrogen (secondary N) is 3. The van der Waals surface area contributed by atoms with Crippen LogP contribution in [0.3, 0.4) is 0 Å². The fraction of sp³-hybridized carbons (Fsp3) is 0.556. The molecule has 0 aromatic rings. The molecule has 0 aromatic carbocycles. The van der Waals surface area contributed by atoms with Crippen LogP contribution in [0.4, 0.5) is 0 Å². The maximum Gasteiger partial charge on any atom is 0.253 e. The van der Waals surface area contributed by atoms with Gasteiger partial charge in [0.05, 0.1) is 25.8 Å². The summed E-state index contributed by atoms with van der Waals surface area (Å²) in [5, 5.41) is 7.39. The third-order valence-electron chi connectivity index (χ3n) is 4.14. The Kier molecular flexibility index (Phi) is 10.3. The molecule has 0 aliphatic carbocycles. The van der Waals surface area contributed by atoms with E-state index in [1.54, 1.807) is 0 Å². The fourth-order valence-electron chi connectivity index (χ4n) is 2.27. The van der Waals surface area contributed by atoms with Crippen molar-refractivity contribution in [3.8, 4) is 0 Å². The van der Waals surface area contributed by atoms with Crippen LogP contribution in [0, 0.1) is 0 Å². The first-order valence-electron chi connectivity index (χ1n) is 9.33. The molecule has 3 N–H and O–H groups in total. The Hall–Kier alpha value is -2.65. The van der Waals surface area contributed by atoms with Crippen LogP contribution in [0.25, 0.3) is 0 Å². The van der Waals surface area contributed by atoms with Gasteiger partial charge in [-0.25, -0.2) is 0 Å². The van der Waals surface area contributed by atoms with Gasteiger partial charge in [0.1, 0.15) is 12.1 Å². The maximum atomic E-state index is 12.1. The van der Waals surface area contributed by atoms with E-state index in [4.69, 9.17) is 4.74 Å². The van der Waals surface area contributed by atoms with Crippen molar-refractivity contribution in [1.82, 2.24) is 20.9 Å². The molecular formula is C18H27N4O7P. The highest BCUT2D eigenvalue weighted by Gasteiger charge is 2.24. The van der Waals surface area contributed by atoms with Crippen LogP contribution in [-0.2, 0) is 33.5 Å². The standard InChI is InChI=1S/C18H27N4O7P/c1-10(16(26)20-11(2)17(27)21-12(3)18(28)30)19-13(23)6-8-29-9-7-22-14(24)4-5-15(22)25/h4-5,10-12H,6-9,30H2,1-3H3,(H,19,23)(H,20,26)(H,21,27)/t10-,11-,12-/m0/s1. The summed E-state index contributed by atoms with van der Waals surface area (Å²) in [5.74, 6) is -2.33. The first-order valence-corrected chi connectivity index (χ1v) is 9.91. The molecule has 5 amide bonds. The van der Waals surface area contributed by atoms with Gasteiger partial charge in [-0.3, -0.25) is 33.7 Å². The maximum absolute atomic E-state index is 12.1. The second kappa shape index (κ2) is 12.1. The van der Waals surface area contributed by atoms with Gasteiger partial charge in [-0.05, 0) is 20.8 Å². The second-order valence-corrected chi connectivity index (χ2v) is 7.24. The van der Waals surface area contributed by atoms with Gasteiger partial charge in [0.25, 0.3) is 11.8 Å². The van der Waals surface area contributed by atoms with Crippen LogP contribution in [0.15, 0.2) is 12.2 Å². The number of rotatable bonds is 12. The number of ether oxygens (including phenoxy) is 1. The lowest BCUT2D eigenvalue weighted by Gasteiger charge is -2.19. The Balaban J connectivity index is 2.25. The molecule has 30 heavy (non-hydrogen) atoms. The molecule has 0 aromatic heterocycles. The number of carbonyl (C=O) groups excluding carboxylic acids is 6. The van der Waals surface area contributed by atoms with Gasteiger partial charge < -0.3 is 20.7 Å². The van der Waals surface area contributed by atoms with E-state index in [0.29, 0.717) is 0 Å². The summed E-state index contributed by atoms with van der Waals surface area (Å²) < 4.78 is 5.24. The lowest BCUT2D eigenvalue weighted by Crippen LogP contribution is -2.53. The molecule has 11 nitrogen and oxygen atoms in total. The van der Waals surface area contributed by atoms with Gasteiger partial charge in [0.15, 0.2) is 5.52 Å². The summed E-state index contributed by atoms with van der Waals surface area (Å²) in [7, 11) is 1.96. The van der Waals surface area contributed by atoms with Crippen molar-refractivity contribution in [3.05, 3.63) is 12.2 Å². The highest BCUT2D eigenvalue weighted by atomic mass is 31.0. The van der Waals surface area contributed by atoms with E-state index in [1.165, 1.54) is 32.9 Å². The molecule has 0 radical (unpaired) electrons. The molecule has 1 rings (SSSR count). The largest absolute Gasteiger partial charge is 0.379 e. The van der Waals surface area contributed by atoms with E-state index in [9.17, 15) is 28.8 Å². The zero-order chi connectivity index (χ0) is 22.8. The van der Waals surface area contributed by atoms with Crippen molar-refractivity contribution < 1.29 is 33.5 Å². The Morgan fingerprint density at radius 1 is 0.900 bits per heavy atom. The minimum Gasteiger partial charge on any atom is -0.379 e. The van der Waals surface area contributed by atoms with Crippen LogP contribution >= 0.6 is 9.24 Å². The highest BCUT2D eigenvalue weighted by Crippen LogP contribution is 2.02. The second-order valence-electron chi connectivity index (χ2n) is 6.68. The van der Waals surface area contributed by atoms with Crippen molar-refractivity contribution in [2.45, 2.75) is 45.3 Å². The quantitative estimate of drug-likeness (QED) is 0.184. The Bertz CT molecular complexity index is 722. The van der Waals surface area contributed by atoms with Crippen LogP contribution in [-0.4, -0.2) is 77.8 Å². The lowest BCUT2D eigenvalue weighted by atomic mass is 10.2. The van der Waals surface area contributed by atoms with Crippen molar-refractivity contribution >= 4 is 44.3 Å². The topological polar surface area (TPSA) is 151 Å². The van der Waals surface area contributed by atoms with Gasteiger partial charge in [-0.1, -0.05) is 9.24 Å². The van der Waals surface area contributed by atoms with Gasteiger partial charge in [-0.2, -0.15) is 0 Å². The first kappa shape index (κ1) is 25.4. The van der Waals surface area contributed by atoms with Crippen molar-refractivity contribution in [2.24, 2.45) is 0 Å². The molecule has 1 aliphatic heterocycles. The summed E-state index contributed by atoms with van der Waals surface area (Å²) in [6.45, 7) is 4.67. The van der Waals surface area contributed by atoms with Crippen LogP contribution in [0.1, 0.15) is 27.2 Å². The number of nitrogens with zero attached hydrogens (tertiary/aromatic N) is 1. The minimum atomic E-state index is -0.891. The zero-order valence-electron chi connectivity index (χ0n) is 17.1. The predicted octanol–water partition coefficient (Wildman–Crippen LogP) is -1.77. The van der Waals surface area contributed by atoms with Crippen LogP contribution in [0.5, 0.6) is 0 Å². The monoisotopic (exact) mass is 442 g/mol. The van der Waals surface area contributed by atoms with E-state index in [-0.39, 0.29) is 31.7 Å². The molecule has 0 saturated heterocycles. The molecule has 0 saturated carbocycles. The molecular weight excluding hydrogens is 415 g/mol. The summed E-state index contributed by atoms with van der Waals surface area (Å²) in [6, 6.07) is -2.48. The smallest absolute Gasteiger partial charge is 0.253 e. The number of carbonyl (C=O) groups is 6. The average molecular weight is 442 g/mol. The molecule has 1 unspecified atom stereocenters. The third kappa shape index (κ3) is 8.38. The Morgan fingerprint density at radius 2 is 1.40 bits per heavy atom. The zero-order valence-corrected chi connectivity index (χ0v) is 18.3. The third-order valence-corrected chi connectivity index (χ3v) is 4.64. The fourth-order valence-corrected chi connectivity index (χ4v) is 2.35. The number of hydrogen-bond donors (Lipinski definition) is 3. The van der Waals surface area contributed by atoms with Gasteiger partial charge >= 0.3 is 0 Å². The van der Waals surface area contributed by atoms with E-state index >= 15 is 0 Å². The molecule has 1 aliphatic rings. The van der Waals surface area contributed by atoms with Crippen LogP contribution in [0.2, 0.25) is 0 Å². The SMILES string of the molecule is C[C@H](NC(=O)[C@H](C)NC(=O)[C@H](C)NC(=O)CCOCCN1C(=O)C=CC1=O)C(=O)P. The lowest BCUT2D eigenvalue weighted by molar-refractivity contribution is -0.138. The average Bonchev–Trinajstić information content (AvgIpc) is 2.99. The summed E-state index contributed by atoms with van der Waals surface area (Å²) in [4.78, 5) is 70.9. The number of imide groups is 1. The predicted molar refractivity (Wildman–Crippen MR) is 109 cm³/mol. The number of amides is 5. The molecule has 166 valence electrons. The minimum absolute atomic E-state index is 0.0262. The van der Waals surface area contributed by atoms with Gasteiger partial charge in [0.2, 0.25) is 17.7 Å².